The van der Waals surface area contributed by atoms with E-state index in [1.54, 1.807) is 4.57 Å². The summed E-state index contributed by atoms with van der Waals surface area (Å²) in [6, 6.07) is 25.7. The van der Waals surface area contributed by atoms with Gasteiger partial charge in [0.15, 0.2) is 31.0 Å². The van der Waals surface area contributed by atoms with Crippen LogP contribution in [-0.2, 0) is 6.54 Å². The summed E-state index contributed by atoms with van der Waals surface area (Å²) in [5.74, 6) is -0.239. The molecule has 0 aliphatic rings. The highest BCUT2D eigenvalue weighted by atomic mass is 19.1. The molecule has 0 bridgehead atoms. The Morgan fingerprint density at radius 2 is 1.35 bits per heavy atom. The second kappa shape index (κ2) is 7.28. The molecular weight excluding hydrogens is 323 g/mol. The number of hydrogen-bond donors (Lipinski definition) is 0. The van der Waals surface area contributed by atoms with E-state index in [2.05, 4.69) is 16.7 Å². The molecule has 0 spiro atoms. The molecule has 2 nitrogen and oxygen atoms in total. The zero-order valence-corrected chi connectivity index (χ0v) is 14.3. The van der Waals surface area contributed by atoms with Crippen LogP contribution in [-0.4, -0.2) is 0 Å². The summed E-state index contributed by atoms with van der Waals surface area (Å²) >= 11 is 0. The maximum Gasteiger partial charge on any atom is 0.211 e. The number of benzene rings is 2. The van der Waals surface area contributed by atoms with Crippen molar-refractivity contribution in [2.45, 2.75) is 6.54 Å². The maximum atomic E-state index is 14.6. The smallest absolute Gasteiger partial charge is 0.201 e. The highest BCUT2D eigenvalue weighted by Gasteiger charge is 2.14. The van der Waals surface area contributed by atoms with Crippen LogP contribution >= 0.6 is 0 Å². The van der Waals surface area contributed by atoms with E-state index in [1.165, 1.54) is 11.8 Å². The van der Waals surface area contributed by atoms with Crippen LogP contribution in [0.1, 0.15) is 5.56 Å². The molecule has 3 heteroatoms. The molecule has 0 aliphatic heterocycles. The Morgan fingerprint density at radius 3 is 2.00 bits per heavy atom. The Balaban J connectivity index is 1.58. The Bertz CT molecular complexity index is 997. The van der Waals surface area contributed by atoms with Gasteiger partial charge in [-0.15, -0.1) is 0 Å². The van der Waals surface area contributed by atoms with E-state index in [-0.39, 0.29) is 5.82 Å². The summed E-state index contributed by atoms with van der Waals surface area (Å²) in [5.41, 5.74) is 3.64. The van der Waals surface area contributed by atoms with Crippen molar-refractivity contribution in [2.75, 3.05) is 0 Å². The Labute approximate surface area is 152 Å². The van der Waals surface area contributed by atoms with Crippen molar-refractivity contribution in [3.8, 4) is 16.8 Å². The van der Waals surface area contributed by atoms with Gasteiger partial charge < -0.3 is 0 Å². The molecule has 4 aromatic rings. The van der Waals surface area contributed by atoms with Crippen LogP contribution in [0, 0.1) is 5.82 Å². The lowest BCUT2D eigenvalue weighted by molar-refractivity contribution is -0.688. The topological polar surface area (TPSA) is 7.76 Å². The maximum absolute atomic E-state index is 14.6. The normalized spacial score (nSPS) is 10.7. The fourth-order valence-electron chi connectivity index (χ4n) is 3.00. The van der Waals surface area contributed by atoms with E-state index in [1.807, 2.05) is 85.3 Å². The molecule has 2 aromatic carbocycles. The molecule has 0 saturated heterocycles. The zero-order valence-electron chi connectivity index (χ0n) is 14.3. The van der Waals surface area contributed by atoms with Crippen LogP contribution in [0.3, 0.4) is 0 Å². The molecule has 0 atom stereocenters. The second-order valence-electron chi connectivity index (χ2n) is 6.19. The van der Waals surface area contributed by atoms with Gasteiger partial charge in [0.2, 0.25) is 11.9 Å². The standard InChI is InChI=1S/C23H19FN2/c24-23-18-26(21-9-5-2-6-10-21)16-13-22(23)20-11-14-25(15-12-20)17-19-7-3-1-4-8-19/h1-16,18H,17H2/q+2. The van der Waals surface area contributed by atoms with Gasteiger partial charge in [-0.25, -0.2) is 4.57 Å². The van der Waals surface area contributed by atoms with Gasteiger partial charge in [0.1, 0.15) is 0 Å². The first-order valence-corrected chi connectivity index (χ1v) is 8.59. The summed E-state index contributed by atoms with van der Waals surface area (Å²) in [5, 5.41) is 0. The first kappa shape index (κ1) is 16.2. The average Bonchev–Trinajstić information content (AvgIpc) is 2.70. The summed E-state index contributed by atoms with van der Waals surface area (Å²) in [7, 11) is 0. The molecule has 4 rings (SSSR count). The zero-order chi connectivity index (χ0) is 17.8. The molecule has 2 heterocycles. The fourth-order valence-corrected chi connectivity index (χ4v) is 3.00. The summed E-state index contributed by atoms with van der Waals surface area (Å²) in [6.07, 6.45) is 7.38. The first-order valence-electron chi connectivity index (χ1n) is 8.59. The molecule has 0 unspecified atom stereocenters. The molecule has 126 valence electrons. The largest absolute Gasteiger partial charge is 0.211 e. The highest BCUT2D eigenvalue weighted by Crippen LogP contribution is 2.20. The van der Waals surface area contributed by atoms with Gasteiger partial charge in [-0.2, -0.15) is 8.96 Å². The third kappa shape index (κ3) is 3.52. The number of nitrogens with zero attached hydrogens (tertiary/aromatic N) is 2. The number of rotatable bonds is 4. The van der Waals surface area contributed by atoms with E-state index in [4.69, 9.17) is 0 Å². The van der Waals surface area contributed by atoms with Gasteiger partial charge >= 0.3 is 0 Å². The van der Waals surface area contributed by atoms with Crippen molar-refractivity contribution in [3.05, 3.63) is 115 Å². The van der Waals surface area contributed by atoms with Crippen LogP contribution < -0.4 is 9.13 Å². The van der Waals surface area contributed by atoms with Gasteiger partial charge in [0.05, 0.1) is 0 Å². The fraction of sp³-hybridized carbons (Fsp3) is 0.0435. The predicted octanol–water partition coefficient (Wildman–Crippen LogP) is 4.11. The third-order valence-corrected chi connectivity index (χ3v) is 4.38. The van der Waals surface area contributed by atoms with E-state index in [0.717, 1.165) is 17.8 Å². The molecule has 26 heavy (non-hydrogen) atoms. The van der Waals surface area contributed by atoms with Crippen molar-refractivity contribution in [1.82, 2.24) is 0 Å². The molecule has 0 N–H and O–H groups in total. The predicted molar refractivity (Wildman–Crippen MR) is 99.1 cm³/mol. The van der Waals surface area contributed by atoms with Crippen molar-refractivity contribution in [1.29, 1.82) is 0 Å². The van der Waals surface area contributed by atoms with Gasteiger partial charge in [0, 0.05) is 41.5 Å². The number of hydrogen-bond acceptors (Lipinski definition) is 0. The Kier molecular flexibility index (Phi) is 4.52. The van der Waals surface area contributed by atoms with Crippen LogP contribution in [0.4, 0.5) is 4.39 Å². The van der Waals surface area contributed by atoms with E-state index < -0.39 is 0 Å². The lowest BCUT2D eigenvalue weighted by Crippen LogP contribution is -2.33. The van der Waals surface area contributed by atoms with Crippen LogP contribution in [0.15, 0.2) is 104 Å². The van der Waals surface area contributed by atoms with E-state index in [9.17, 15) is 4.39 Å². The van der Waals surface area contributed by atoms with E-state index in [0.29, 0.717) is 5.56 Å². The number of para-hydroxylation sites is 1. The molecular formula is C23H19FN2+2. The molecule has 0 fully saturated rings. The lowest BCUT2D eigenvalue weighted by Gasteiger charge is -2.03. The van der Waals surface area contributed by atoms with Gasteiger partial charge in [-0.1, -0.05) is 48.5 Å². The second-order valence-corrected chi connectivity index (χ2v) is 6.19. The first-order chi connectivity index (χ1) is 12.8. The number of pyridine rings is 2. The van der Waals surface area contributed by atoms with Gasteiger partial charge in [-0.05, 0) is 5.56 Å². The Morgan fingerprint density at radius 1 is 0.692 bits per heavy atom. The Hall–Kier alpha value is -3.33. The summed E-state index contributed by atoms with van der Waals surface area (Å²) in [6.45, 7) is 0.798. The van der Waals surface area contributed by atoms with Crippen LogP contribution in [0.5, 0.6) is 0 Å². The minimum absolute atomic E-state index is 0.239. The molecule has 2 aromatic heterocycles. The molecule has 0 radical (unpaired) electrons. The average molecular weight is 342 g/mol. The highest BCUT2D eigenvalue weighted by molar-refractivity contribution is 5.61. The van der Waals surface area contributed by atoms with Gasteiger partial charge in [-0.3, -0.25) is 0 Å². The SMILES string of the molecule is Fc1c[n+](-c2ccccc2)ccc1-c1cc[n+](Cc2ccccc2)cc1. The monoisotopic (exact) mass is 342 g/mol. The van der Waals surface area contributed by atoms with Crippen molar-refractivity contribution >= 4 is 0 Å². The van der Waals surface area contributed by atoms with Crippen molar-refractivity contribution < 1.29 is 13.5 Å². The molecule has 0 saturated carbocycles. The van der Waals surface area contributed by atoms with E-state index >= 15 is 0 Å². The number of halogens is 1. The minimum atomic E-state index is -0.239. The summed E-state index contributed by atoms with van der Waals surface area (Å²) in [4.78, 5) is 0. The van der Waals surface area contributed by atoms with Crippen molar-refractivity contribution in [2.24, 2.45) is 0 Å². The summed E-state index contributed by atoms with van der Waals surface area (Å²) < 4.78 is 18.5. The lowest BCUT2D eigenvalue weighted by atomic mass is 10.1. The van der Waals surface area contributed by atoms with Crippen molar-refractivity contribution in [3.63, 3.8) is 0 Å². The molecule has 0 amide bonds. The van der Waals surface area contributed by atoms with Crippen LogP contribution in [0.25, 0.3) is 16.8 Å². The third-order valence-electron chi connectivity index (χ3n) is 4.38. The van der Waals surface area contributed by atoms with Gasteiger partial charge in [0.25, 0.3) is 0 Å². The molecule has 0 aliphatic carbocycles. The quantitative estimate of drug-likeness (QED) is 0.493. The minimum Gasteiger partial charge on any atom is -0.201 e. The van der Waals surface area contributed by atoms with Crippen LogP contribution in [0.2, 0.25) is 0 Å². The number of aromatic nitrogens is 2.